The number of halogens is 3. The quantitative estimate of drug-likeness (QED) is 0.866. The molecule has 1 N–H and O–H groups in total. The van der Waals surface area contributed by atoms with Gasteiger partial charge in [-0.3, -0.25) is 4.79 Å². The standard InChI is InChI=1S/C14H17ClF2N2O3S/c15-12-5-3-11(4-6-12)14(16,17)10-18-13(20)9-19-7-1-2-8-23(19,21)22/h3-6H,1-2,7-10H2,(H,18,20). The zero-order chi connectivity index (χ0) is 17.1. The van der Waals surface area contributed by atoms with Gasteiger partial charge in [0, 0.05) is 17.1 Å². The maximum absolute atomic E-state index is 14.0. The topological polar surface area (TPSA) is 66.5 Å². The van der Waals surface area contributed by atoms with E-state index in [4.69, 9.17) is 11.6 Å². The number of alkyl halides is 2. The van der Waals surface area contributed by atoms with Gasteiger partial charge in [-0.1, -0.05) is 23.7 Å². The van der Waals surface area contributed by atoms with Crippen LogP contribution in [-0.4, -0.2) is 44.0 Å². The minimum atomic E-state index is -3.46. The van der Waals surface area contributed by atoms with Crippen molar-refractivity contribution in [2.75, 3.05) is 25.4 Å². The highest BCUT2D eigenvalue weighted by Gasteiger charge is 2.33. The van der Waals surface area contributed by atoms with E-state index in [2.05, 4.69) is 5.32 Å². The number of rotatable bonds is 5. The molecular formula is C14H17ClF2N2O3S. The van der Waals surface area contributed by atoms with E-state index >= 15 is 0 Å². The van der Waals surface area contributed by atoms with Crippen LogP contribution in [0, 0.1) is 0 Å². The number of nitrogens with zero attached hydrogens (tertiary/aromatic N) is 1. The van der Waals surface area contributed by atoms with Crippen LogP contribution in [0.25, 0.3) is 0 Å². The zero-order valence-corrected chi connectivity index (χ0v) is 13.8. The van der Waals surface area contributed by atoms with Gasteiger partial charge in [0.25, 0.3) is 5.92 Å². The van der Waals surface area contributed by atoms with Crippen LogP contribution in [0.1, 0.15) is 18.4 Å². The fourth-order valence-electron chi connectivity index (χ4n) is 2.24. The summed E-state index contributed by atoms with van der Waals surface area (Å²) in [7, 11) is -3.46. The SMILES string of the molecule is O=C(CN1CCCCS1(=O)=O)NCC(F)(F)c1ccc(Cl)cc1. The molecule has 1 aromatic carbocycles. The molecule has 0 radical (unpaired) electrons. The molecule has 0 aliphatic carbocycles. The average Bonchev–Trinajstić information content (AvgIpc) is 2.48. The van der Waals surface area contributed by atoms with Crippen molar-refractivity contribution < 1.29 is 22.0 Å². The molecule has 23 heavy (non-hydrogen) atoms. The summed E-state index contributed by atoms with van der Waals surface area (Å²) in [5.41, 5.74) is -0.271. The molecule has 1 aliphatic rings. The third-order valence-electron chi connectivity index (χ3n) is 3.55. The van der Waals surface area contributed by atoms with Gasteiger partial charge >= 0.3 is 0 Å². The zero-order valence-electron chi connectivity index (χ0n) is 12.3. The molecule has 0 spiro atoms. The van der Waals surface area contributed by atoms with Gasteiger partial charge in [-0.25, -0.2) is 8.42 Å². The highest BCUT2D eigenvalue weighted by molar-refractivity contribution is 7.89. The van der Waals surface area contributed by atoms with Gasteiger partial charge in [0.05, 0.1) is 18.8 Å². The van der Waals surface area contributed by atoms with Crippen LogP contribution in [-0.2, 0) is 20.7 Å². The van der Waals surface area contributed by atoms with Crippen molar-refractivity contribution in [2.45, 2.75) is 18.8 Å². The Balaban J connectivity index is 1.91. The Morgan fingerprint density at radius 2 is 1.91 bits per heavy atom. The summed E-state index contributed by atoms with van der Waals surface area (Å²) in [5.74, 6) is -4.02. The number of carbonyl (C=O) groups excluding carboxylic acids is 1. The van der Waals surface area contributed by atoms with E-state index in [9.17, 15) is 22.0 Å². The molecule has 9 heteroatoms. The van der Waals surface area contributed by atoms with Crippen LogP contribution in [0.3, 0.4) is 0 Å². The van der Waals surface area contributed by atoms with Gasteiger partial charge in [-0.15, -0.1) is 0 Å². The second-order valence-electron chi connectivity index (χ2n) is 5.34. The number of hydrogen-bond donors (Lipinski definition) is 1. The van der Waals surface area contributed by atoms with Gasteiger partial charge in [0.1, 0.15) is 0 Å². The molecular weight excluding hydrogens is 350 g/mol. The Labute approximate surface area is 138 Å². The smallest absolute Gasteiger partial charge is 0.290 e. The molecule has 1 heterocycles. The van der Waals surface area contributed by atoms with E-state index in [1.54, 1.807) is 0 Å². The van der Waals surface area contributed by atoms with Crippen LogP contribution in [0.2, 0.25) is 5.02 Å². The normalized spacial score (nSPS) is 18.6. The first-order valence-electron chi connectivity index (χ1n) is 7.09. The van der Waals surface area contributed by atoms with E-state index in [1.807, 2.05) is 0 Å². The largest absolute Gasteiger partial charge is 0.349 e. The molecule has 1 amide bonds. The summed E-state index contributed by atoms with van der Waals surface area (Å²) in [6, 6.07) is 5.05. The van der Waals surface area contributed by atoms with Crippen LogP contribution in [0.15, 0.2) is 24.3 Å². The number of sulfonamides is 1. The Kier molecular flexibility index (Phi) is 5.59. The van der Waals surface area contributed by atoms with Gasteiger partial charge in [0.15, 0.2) is 0 Å². The molecule has 5 nitrogen and oxygen atoms in total. The minimum absolute atomic E-state index is 0.0127. The van der Waals surface area contributed by atoms with Crippen LogP contribution < -0.4 is 5.32 Å². The Bertz CT molecular complexity index is 665. The van der Waals surface area contributed by atoms with Gasteiger partial charge < -0.3 is 5.32 Å². The Morgan fingerprint density at radius 3 is 2.52 bits per heavy atom. The minimum Gasteiger partial charge on any atom is -0.349 e. The molecule has 1 aliphatic heterocycles. The monoisotopic (exact) mass is 366 g/mol. The Morgan fingerprint density at radius 1 is 1.26 bits per heavy atom. The van der Waals surface area contributed by atoms with E-state index in [-0.39, 0.29) is 17.9 Å². The number of benzene rings is 1. The van der Waals surface area contributed by atoms with Crippen molar-refractivity contribution >= 4 is 27.5 Å². The van der Waals surface area contributed by atoms with Crippen LogP contribution in [0.5, 0.6) is 0 Å². The first-order chi connectivity index (χ1) is 10.7. The average molecular weight is 367 g/mol. The molecule has 2 rings (SSSR count). The lowest BCUT2D eigenvalue weighted by Gasteiger charge is -2.26. The first-order valence-corrected chi connectivity index (χ1v) is 9.08. The van der Waals surface area contributed by atoms with E-state index in [1.165, 1.54) is 24.3 Å². The van der Waals surface area contributed by atoms with Crippen molar-refractivity contribution in [1.82, 2.24) is 9.62 Å². The maximum atomic E-state index is 14.0. The molecule has 1 saturated heterocycles. The van der Waals surface area contributed by atoms with Gasteiger partial charge in [-0.2, -0.15) is 13.1 Å². The fraction of sp³-hybridized carbons (Fsp3) is 0.500. The van der Waals surface area contributed by atoms with Crippen LogP contribution >= 0.6 is 11.6 Å². The summed E-state index contributed by atoms with van der Waals surface area (Å²) < 4.78 is 52.5. The third kappa shape index (κ3) is 4.86. The molecule has 0 unspecified atom stereocenters. The highest BCUT2D eigenvalue weighted by atomic mass is 35.5. The first kappa shape index (κ1) is 18.1. The fourth-order valence-corrected chi connectivity index (χ4v) is 3.91. The highest BCUT2D eigenvalue weighted by Crippen LogP contribution is 2.28. The predicted molar refractivity (Wildman–Crippen MR) is 82.9 cm³/mol. The van der Waals surface area contributed by atoms with Gasteiger partial charge in [-0.05, 0) is 25.0 Å². The lowest BCUT2D eigenvalue weighted by atomic mass is 10.1. The summed E-state index contributed by atoms with van der Waals surface area (Å²) in [4.78, 5) is 11.8. The van der Waals surface area contributed by atoms with Crippen LogP contribution in [0.4, 0.5) is 8.78 Å². The van der Waals surface area contributed by atoms with E-state index in [0.717, 1.165) is 4.31 Å². The van der Waals surface area contributed by atoms with Crippen molar-refractivity contribution in [1.29, 1.82) is 0 Å². The molecule has 128 valence electrons. The molecule has 0 atom stereocenters. The molecule has 1 aromatic rings. The second kappa shape index (κ2) is 7.11. The summed E-state index contributed by atoms with van der Waals surface area (Å²) in [6.07, 6.45) is 1.21. The number of carbonyl (C=O) groups is 1. The predicted octanol–water partition coefficient (Wildman–Crippen LogP) is 1.97. The maximum Gasteiger partial charge on any atom is 0.290 e. The van der Waals surface area contributed by atoms with Crippen molar-refractivity contribution in [2.24, 2.45) is 0 Å². The van der Waals surface area contributed by atoms with E-state index < -0.39 is 34.9 Å². The second-order valence-corrected chi connectivity index (χ2v) is 7.87. The van der Waals surface area contributed by atoms with Crippen molar-refractivity contribution in [3.63, 3.8) is 0 Å². The lowest BCUT2D eigenvalue weighted by Crippen LogP contribution is -2.46. The van der Waals surface area contributed by atoms with Gasteiger partial charge in [0.2, 0.25) is 15.9 Å². The summed E-state index contributed by atoms with van der Waals surface area (Å²) in [6.45, 7) is -1.09. The Hall–Kier alpha value is -1.25. The molecule has 0 saturated carbocycles. The van der Waals surface area contributed by atoms with E-state index in [0.29, 0.717) is 17.9 Å². The lowest BCUT2D eigenvalue weighted by molar-refractivity contribution is -0.123. The third-order valence-corrected chi connectivity index (χ3v) is 5.70. The van der Waals surface area contributed by atoms with Crippen molar-refractivity contribution in [3.8, 4) is 0 Å². The molecule has 0 aromatic heterocycles. The summed E-state index contributed by atoms with van der Waals surface area (Å²) in [5, 5.41) is 2.43. The number of nitrogens with one attached hydrogen (secondary N) is 1. The number of amides is 1. The van der Waals surface area contributed by atoms with Crippen molar-refractivity contribution in [3.05, 3.63) is 34.9 Å². The molecule has 0 bridgehead atoms. The summed E-state index contributed by atoms with van der Waals surface area (Å²) >= 11 is 5.65. The number of hydrogen-bond acceptors (Lipinski definition) is 3. The molecule has 1 fully saturated rings.